The fraction of sp³-hybridized carbons (Fsp3) is 0.0909. The minimum atomic E-state index is -0.359. The lowest BCUT2D eigenvalue weighted by molar-refractivity contribution is 0.600. The van der Waals surface area contributed by atoms with Crippen molar-refractivity contribution in [2.45, 2.75) is 6.04 Å². The summed E-state index contributed by atoms with van der Waals surface area (Å²) in [6.07, 6.45) is 0. The van der Waals surface area contributed by atoms with Gasteiger partial charge in [0, 0.05) is 5.56 Å². The molecule has 0 saturated heterocycles. The minimum Gasteiger partial charge on any atom is -0.320 e. The Labute approximate surface area is 86.0 Å². The van der Waals surface area contributed by atoms with Crippen molar-refractivity contribution in [3.8, 4) is 0 Å². The maximum Gasteiger partial charge on any atom is 0.128 e. The van der Waals surface area contributed by atoms with Gasteiger partial charge in [0.2, 0.25) is 0 Å². The van der Waals surface area contributed by atoms with Gasteiger partial charge in [0.25, 0.3) is 0 Å². The second-order valence-corrected chi connectivity index (χ2v) is 3.84. The summed E-state index contributed by atoms with van der Waals surface area (Å²) in [5.41, 5.74) is 7.43. The molecule has 0 spiro atoms. The van der Waals surface area contributed by atoms with Crippen LogP contribution in [0.2, 0.25) is 0 Å². The first kappa shape index (κ1) is 9.37. The van der Waals surface area contributed by atoms with Gasteiger partial charge in [-0.1, -0.05) is 18.2 Å². The normalized spacial score (nSPS) is 12.7. The highest BCUT2D eigenvalue weighted by Gasteiger charge is 2.12. The van der Waals surface area contributed by atoms with Crippen LogP contribution in [0.25, 0.3) is 0 Å². The molecule has 2 N–H and O–H groups in total. The average molecular weight is 207 g/mol. The first-order valence-electron chi connectivity index (χ1n) is 4.31. The van der Waals surface area contributed by atoms with Crippen LogP contribution in [-0.4, -0.2) is 0 Å². The molecule has 14 heavy (non-hydrogen) atoms. The number of rotatable bonds is 2. The van der Waals surface area contributed by atoms with Gasteiger partial charge in [-0.15, -0.1) is 0 Å². The molecule has 0 aliphatic rings. The summed E-state index contributed by atoms with van der Waals surface area (Å²) < 4.78 is 13.4. The number of hydrogen-bond acceptors (Lipinski definition) is 2. The second kappa shape index (κ2) is 3.90. The van der Waals surface area contributed by atoms with Crippen molar-refractivity contribution in [2.24, 2.45) is 5.73 Å². The molecule has 1 unspecified atom stereocenters. The molecule has 1 aromatic carbocycles. The van der Waals surface area contributed by atoms with Crippen molar-refractivity contribution in [3.63, 3.8) is 0 Å². The topological polar surface area (TPSA) is 26.0 Å². The van der Waals surface area contributed by atoms with Crippen LogP contribution >= 0.6 is 11.3 Å². The maximum atomic E-state index is 13.4. The molecule has 1 nitrogen and oxygen atoms in total. The van der Waals surface area contributed by atoms with Gasteiger partial charge in [-0.25, -0.2) is 4.39 Å². The van der Waals surface area contributed by atoms with Crippen LogP contribution in [0.15, 0.2) is 41.1 Å². The Balaban J connectivity index is 2.37. The van der Waals surface area contributed by atoms with Crippen LogP contribution in [0.4, 0.5) is 4.39 Å². The highest BCUT2D eigenvalue weighted by Crippen LogP contribution is 2.23. The molecule has 1 atom stereocenters. The zero-order chi connectivity index (χ0) is 9.97. The molecular weight excluding hydrogens is 197 g/mol. The highest BCUT2D eigenvalue weighted by molar-refractivity contribution is 7.08. The van der Waals surface area contributed by atoms with Gasteiger partial charge in [0.05, 0.1) is 6.04 Å². The average Bonchev–Trinajstić information content (AvgIpc) is 2.70. The van der Waals surface area contributed by atoms with Gasteiger partial charge in [0.15, 0.2) is 0 Å². The quantitative estimate of drug-likeness (QED) is 0.805. The maximum absolute atomic E-state index is 13.4. The van der Waals surface area contributed by atoms with Gasteiger partial charge in [-0.3, -0.25) is 0 Å². The first-order chi connectivity index (χ1) is 6.79. The van der Waals surface area contributed by atoms with Crippen LogP contribution in [0.3, 0.4) is 0 Å². The lowest BCUT2D eigenvalue weighted by atomic mass is 10.0. The molecule has 0 saturated carbocycles. The molecule has 1 heterocycles. The van der Waals surface area contributed by atoms with Crippen LogP contribution in [-0.2, 0) is 0 Å². The molecular formula is C11H10FNS. The zero-order valence-corrected chi connectivity index (χ0v) is 8.30. The molecule has 0 radical (unpaired) electrons. The molecule has 0 aliphatic heterocycles. The molecule has 2 aromatic rings. The van der Waals surface area contributed by atoms with Crippen LogP contribution < -0.4 is 5.73 Å². The first-order valence-corrected chi connectivity index (χ1v) is 5.25. The Morgan fingerprint density at radius 1 is 1.21 bits per heavy atom. The second-order valence-electron chi connectivity index (χ2n) is 3.06. The zero-order valence-electron chi connectivity index (χ0n) is 7.48. The highest BCUT2D eigenvalue weighted by atomic mass is 32.1. The summed E-state index contributed by atoms with van der Waals surface area (Å²) in [5, 5.41) is 3.88. The van der Waals surface area contributed by atoms with Crippen LogP contribution in [0, 0.1) is 5.82 Å². The molecule has 72 valence electrons. The van der Waals surface area contributed by atoms with Gasteiger partial charge in [-0.2, -0.15) is 11.3 Å². The number of benzene rings is 1. The van der Waals surface area contributed by atoms with E-state index in [0.29, 0.717) is 5.56 Å². The van der Waals surface area contributed by atoms with Crippen molar-refractivity contribution >= 4 is 11.3 Å². The van der Waals surface area contributed by atoms with Crippen LogP contribution in [0.5, 0.6) is 0 Å². The number of hydrogen-bond donors (Lipinski definition) is 1. The van der Waals surface area contributed by atoms with E-state index in [9.17, 15) is 4.39 Å². The van der Waals surface area contributed by atoms with E-state index in [-0.39, 0.29) is 11.9 Å². The molecule has 0 aliphatic carbocycles. The Morgan fingerprint density at radius 2 is 2.00 bits per heavy atom. The predicted octanol–water partition coefficient (Wildman–Crippen LogP) is 2.94. The summed E-state index contributed by atoms with van der Waals surface area (Å²) in [5.74, 6) is -0.244. The Morgan fingerprint density at radius 3 is 2.64 bits per heavy atom. The van der Waals surface area contributed by atoms with E-state index in [0.717, 1.165) is 5.56 Å². The number of nitrogens with two attached hydrogens (primary N) is 1. The van der Waals surface area contributed by atoms with E-state index in [2.05, 4.69) is 0 Å². The smallest absolute Gasteiger partial charge is 0.128 e. The van der Waals surface area contributed by atoms with E-state index in [1.165, 1.54) is 6.07 Å². The van der Waals surface area contributed by atoms with Crippen molar-refractivity contribution in [3.05, 3.63) is 58.0 Å². The van der Waals surface area contributed by atoms with Crippen molar-refractivity contribution < 1.29 is 4.39 Å². The minimum absolute atomic E-state index is 0.244. The van der Waals surface area contributed by atoms with E-state index in [1.54, 1.807) is 29.5 Å². The fourth-order valence-corrected chi connectivity index (χ4v) is 2.06. The SMILES string of the molecule is NC(c1ccsc1)c1ccccc1F. The molecule has 3 heteroatoms. The Bertz CT molecular complexity index is 411. The van der Waals surface area contributed by atoms with E-state index >= 15 is 0 Å². The lowest BCUT2D eigenvalue weighted by Crippen LogP contribution is -2.12. The molecule has 0 fully saturated rings. The summed E-state index contributed by atoms with van der Waals surface area (Å²) in [6.45, 7) is 0. The number of thiophene rings is 1. The Hall–Kier alpha value is -1.19. The summed E-state index contributed by atoms with van der Waals surface area (Å²) in [7, 11) is 0. The third-order valence-corrected chi connectivity index (χ3v) is 2.84. The third kappa shape index (κ3) is 1.69. The summed E-state index contributed by atoms with van der Waals surface area (Å²) >= 11 is 1.57. The summed E-state index contributed by atoms with van der Waals surface area (Å²) in [4.78, 5) is 0. The van der Waals surface area contributed by atoms with Crippen molar-refractivity contribution in [1.82, 2.24) is 0 Å². The van der Waals surface area contributed by atoms with Crippen LogP contribution in [0.1, 0.15) is 17.2 Å². The lowest BCUT2D eigenvalue weighted by Gasteiger charge is -2.10. The largest absolute Gasteiger partial charge is 0.320 e. The van der Waals surface area contributed by atoms with Gasteiger partial charge < -0.3 is 5.73 Å². The monoisotopic (exact) mass is 207 g/mol. The van der Waals surface area contributed by atoms with E-state index in [4.69, 9.17) is 5.73 Å². The van der Waals surface area contributed by atoms with Gasteiger partial charge in [0.1, 0.15) is 5.82 Å². The summed E-state index contributed by atoms with van der Waals surface area (Å²) in [6, 6.07) is 8.17. The van der Waals surface area contributed by atoms with E-state index in [1.807, 2.05) is 16.8 Å². The van der Waals surface area contributed by atoms with Crippen molar-refractivity contribution in [2.75, 3.05) is 0 Å². The fourth-order valence-electron chi connectivity index (χ4n) is 1.36. The standard InChI is InChI=1S/C11H10FNS/c12-10-4-2-1-3-9(10)11(13)8-5-6-14-7-8/h1-7,11H,13H2. The molecule has 0 bridgehead atoms. The number of halogens is 1. The van der Waals surface area contributed by atoms with Crippen molar-refractivity contribution in [1.29, 1.82) is 0 Å². The predicted molar refractivity (Wildman–Crippen MR) is 56.7 cm³/mol. The third-order valence-electron chi connectivity index (χ3n) is 2.14. The van der Waals surface area contributed by atoms with Gasteiger partial charge in [-0.05, 0) is 28.5 Å². The Kier molecular flexibility index (Phi) is 2.61. The molecule has 0 amide bonds. The molecule has 1 aromatic heterocycles. The van der Waals surface area contributed by atoms with Gasteiger partial charge >= 0.3 is 0 Å². The molecule has 2 rings (SSSR count). The van der Waals surface area contributed by atoms with E-state index < -0.39 is 0 Å².